The Kier molecular flexibility index (Phi) is 4.26. The molecular formula is C13H18ClNO2. The Morgan fingerprint density at radius 2 is 2.12 bits per heavy atom. The zero-order chi connectivity index (χ0) is 12.3. The molecule has 94 valence electrons. The van der Waals surface area contributed by atoms with E-state index in [2.05, 4.69) is 12.2 Å². The van der Waals surface area contributed by atoms with E-state index in [0.717, 1.165) is 18.5 Å². The maximum absolute atomic E-state index is 9.42. The number of aliphatic hydroxyl groups excluding tert-OH is 1. The van der Waals surface area contributed by atoms with E-state index in [9.17, 15) is 5.11 Å². The molecule has 0 amide bonds. The van der Waals surface area contributed by atoms with Crippen molar-refractivity contribution in [1.29, 1.82) is 0 Å². The van der Waals surface area contributed by atoms with Crippen LogP contribution in [0.15, 0.2) is 24.3 Å². The molecule has 2 rings (SSSR count). The molecule has 0 aromatic heterocycles. The Morgan fingerprint density at radius 3 is 2.65 bits per heavy atom. The maximum Gasteiger partial charge on any atom is 0.0803 e. The van der Waals surface area contributed by atoms with Gasteiger partial charge in [0.25, 0.3) is 0 Å². The molecule has 1 aromatic carbocycles. The summed E-state index contributed by atoms with van der Waals surface area (Å²) in [6, 6.07) is 7.42. The molecule has 1 saturated heterocycles. The van der Waals surface area contributed by atoms with Gasteiger partial charge in [0.1, 0.15) is 0 Å². The summed E-state index contributed by atoms with van der Waals surface area (Å²) in [5, 5.41) is 13.4. The van der Waals surface area contributed by atoms with Crippen molar-refractivity contribution in [3.63, 3.8) is 0 Å². The van der Waals surface area contributed by atoms with E-state index < -0.39 is 0 Å². The molecule has 3 unspecified atom stereocenters. The van der Waals surface area contributed by atoms with Crippen LogP contribution in [0.5, 0.6) is 0 Å². The Bertz CT molecular complexity index is 355. The van der Waals surface area contributed by atoms with Crippen molar-refractivity contribution in [3.8, 4) is 0 Å². The minimum absolute atomic E-state index is 0.0545. The van der Waals surface area contributed by atoms with Gasteiger partial charge in [-0.3, -0.25) is 0 Å². The Balaban J connectivity index is 1.97. The number of hydrogen-bond acceptors (Lipinski definition) is 3. The summed E-state index contributed by atoms with van der Waals surface area (Å²) < 4.78 is 5.76. The number of nitrogens with one attached hydrogen (secondary N) is 1. The maximum atomic E-state index is 9.42. The average molecular weight is 256 g/mol. The topological polar surface area (TPSA) is 41.5 Å². The molecule has 1 aliphatic heterocycles. The Labute approximate surface area is 107 Å². The second-order valence-corrected chi connectivity index (χ2v) is 4.94. The van der Waals surface area contributed by atoms with Gasteiger partial charge in [-0.05, 0) is 44.0 Å². The van der Waals surface area contributed by atoms with E-state index in [0.29, 0.717) is 11.1 Å². The molecule has 17 heavy (non-hydrogen) atoms. The van der Waals surface area contributed by atoms with Crippen LogP contribution in [0, 0.1) is 0 Å². The molecule has 1 aromatic rings. The predicted octanol–water partition coefficient (Wildman–Crippen LogP) is 2.68. The molecule has 2 N–H and O–H groups in total. The molecule has 0 saturated carbocycles. The van der Waals surface area contributed by atoms with Crippen LogP contribution in [0.1, 0.15) is 19.8 Å². The van der Waals surface area contributed by atoms with E-state index in [-0.39, 0.29) is 18.8 Å². The molecule has 3 atom stereocenters. The normalized spacial score (nSPS) is 25.8. The third-order valence-corrected chi connectivity index (χ3v) is 3.36. The van der Waals surface area contributed by atoms with E-state index in [4.69, 9.17) is 16.3 Å². The Morgan fingerprint density at radius 1 is 1.41 bits per heavy atom. The minimum Gasteiger partial charge on any atom is -0.394 e. The van der Waals surface area contributed by atoms with Crippen LogP contribution < -0.4 is 5.32 Å². The van der Waals surface area contributed by atoms with E-state index in [1.54, 1.807) is 0 Å². The zero-order valence-corrected chi connectivity index (χ0v) is 10.7. The minimum atomic E-state index is -0.0545. The quantitative estimate of drug-likeness (QED) is 0.869. The van der Waals surface area contributed by atoms with E-state index in [1.807, 2.05) is 24.3 Å². The highest BCUT2D eigenvalue weighted by molar-refractivity contribution is 6.30. The summed E-state index contributed by atoms with van der Waals surface area (Å²) in [5.74, 6) is 0. The lowest BCUT2D eigenvalue weighted by molar-refractivity contribution is 0.0324. The molecular weight excluding hydrogens is 238 g/mol. The fourth-order valence-electron chi connectivity index (χ4n) is 2.15. The molecule has 4 heteroatoms. The lowest BCUT2D eigenvalue weighted by Crippen LogP contribution is -2.36. The summed E-state index contributed by atoms with van der Waals surface area (Å²) in [7, 11) is 0. The van der Waals surface area contributed by atoms with Gasteiger partial charge in [0.05, 0.1) is 24.9 Å². The third kappa shape index (κ3) is 3.35. The van der Waals surface area contributed by atoms with E-state index >= 15 is 0 Å². The standard InChI is InChI=1S/C13H18ClNO2/c1-9-2-7-13(17-9)12(8-16)15-11-5-3-10(14)4-6-11/h3-6,9,12-13,15-16H,2,7-8H2,1H3. The first-order valence-corrected chi connectivity index (χ1v) is 6.35. The lowest BCUT2D eigenvalue weighted by atomic mass is 10.1. The molecule has 0 bridgehead atoms. The highest BCUT2D eigenvalue weighted by atomic mass is 35.5. The van der Waals surface area contributed by atoms with Gasteiger partial charge < -0.3 is 15.2 Å². The van der Waals surface area contributed by atoms with Gasteiger partial charge in [-0.2, -0.15) is 0 Å². The zero-order valence-electron chi connectivity index (χ0n) is 9.90. The summed E-state index contributed by atoms with van der Waals surface area (Å²) >= 11 is 5.83. The highest BCUT2D eigenvalue weighted by Crippen LogP contribution is 2.24. The molecule has 1 fully saturated rings. The molecule has 0 aliphatic carbocycles. The van der Waals surface area contributed by atoms with Crippen LogP contribution in [-0.4, -0.2) is 30.0 Å². The van der Waals surface area contributed by atoms with Crippen molar-refractivity contribution in [2.24, 2.45) is 0 Å². The number of rotatable bonds is 4. The van der Waals surface area contributed by atoms with Gasteiger partial charge in [-0.15, -0.1) is 0 Å². The summed E-state index contributed by atoms with van der Waals surface area (Å²) in [4.78, 5) is 0. The first-order valence-electron chi connectivity index (χ1n) is 5.97. The highest BCUT2D eigenvalue weighted by Gasteiger charge is 2.29. The van der Waals surface area contributed by atoms with Crippen molar-refractivity contribution < 1.29 is 9.84 Å². The predicted molar refractivity (Wildman–Crippen MR) is 69.5 cm³/mol. The van der Waals surface area contributed by atoms with Crippen LogP contribution in [0.2, 0.25) is 5.02 Å². The van der Waals surface area contributed by atoms with Crippen molar-refractivity contribution in [3.05, 3.63) is 29.3 Å². The Hall–Kier alpha value is -0.770. The second-order valence-electron chi connectivity index (χ2n) is 4.50. The van der Waals surface area contributed by atoms with Crippen LogP contribution in [0.4, 0.5) is 5.69 Å². The molecule has 0 spiro atoms. The summed E-state index contributed by atoms with van der Waals surface area (Å²) in [6.07, 6.45) is 2.43. The smallest absolute Gasteiger partial charge is 0.0803 e. The summed E-state index contributed by atoms with van der Waals surface area (Å²) in [6.45, 7) is 2.14. The number of anilines is 1. The monoisotopic (exact) mass is 255 g/mol. The summed E-state index contributed by atoms with van der Waals surface area (Å²) in [5.41, 5.74) is 0.955. The number of halogens is 1. The van der Waals surface area contributed by atoms with Gasteiger partial charge in [0, 0.05) is 10.7 Å². The van der Waals surface area contributed by atoms with Gasteiger partial charge in [0.2, 0.25) is 0 Å². The number of benzene rings is 1. The van der Waals surface area contributed by atoms with Crippen LogP contribution in [0.25, 0.3) is 0 Å². The largest absolute Gasteiger partial charge is 0.394 e. The van der Waals surface area contributed by atoms with Crippen LogP contribution >= 0.6 is 11.6 Å². The first-order chi connectivity index (χ1) is 8.19. The van der Waals surface area contributed by atoms with Crippen molar-refractivity contribution in [1.82, 2.24) is 0 Å². The molecule has 0 radical (unpaired) electrons. The van der Waals surface area contributed by atoms with Gasteiger partial charge in [-0.25, -0.2) is 0 Å². The van der Waals surface area contributed by atoms with Crippen molar-refractivity contribution in [2.75, 3.05) is 11.9 Å². The van der Waals surface area contributed by atoms with Crippen molar-refractivity contribution >= 4 is 17.3 Å². The van der Waals surface area contributed by atoms with Gasteiger partial charge >= 0.3 is 0 Å². The molecule has 1 heterocycles. The number of hydrogen-bond donors (Lipinski definition) is 2. The fraction of sp³-hybridized carbons (Fsp3) is 0.538. The SMILES string of the molecule is CC1CCC(C(CO)Nc2ccc(Cl)cc2)O1. The van der Waals surface area contributed by atoms with Crippen molar-refractivity contribution in [2.45, 2.75) is 38.0 Å². The lowest BCUT2D eigenvalue weighted by Gasteiger charge is -2.23. The number of aliphatic hydroxyl groups is 1. The van der Waals surface area contributed by atoms with Gasteiger partial charge in [-0.1, -0.05) is 11.6 Å². The number of ether oxygens (including phenoxy) is 1. The van der Waals surface area contributed by atoms with Crippen LogP contribution in [0.3, 0.4) is 0 Å². The molecule has 3 nitrogen and oxygen atoms in total. The first kappa shape index (κ1) is 12.7. The second kappa shape index (κ2) is 5.71. The van der Waals surface area contributed by atoms with Crippen LogP contribution in [-0.2, 0) is 4.74 Å². The van der Waals surface area contributed by atoms with Gasteiger partial charge in [0.15, 0.2) is 0 Å². The molecule has 1 aliphatic rings. The third-order valence-electron chi connectivity index (χ3n) is 3.11. The fourth-order valence-corrected chi connectivity index (χ4v) is 2.27. The van der Waals surface area contributed by atoms with E-state index in [1.165, 1.54) is 0 Å². The average Bonchev–Trinajstić information content (AvgIpc) is 2.75.